The summed E-state index contributed by atoms with van der Waals surface area (Å²) in [6, 6.07) is 2.87. The van der Waals surface area contributed by atoms with Gasteiger partial charge in [-0.2, -0.15) is 0 Å². The maximum absolute atomic E-state index is 10.7. The Morgan fingerprint density at radius 3 is 2.89 bits per heavy atom. The topological polar surface area (TPSA) is 91.9 Å². The van der Waals surface area contributed by atoms with Gasteiger partial charge in [-0.15, -0.1) is 0 Å². The SMILES string of the molecule is CC(NCC1(O)CCOC1C)c1ccc(C(=O)O)o1. The van der Waals surface area contributed by atoms with Gasteiger partial charge < -0.3 is 24.7 Å². The molecule has 0 aliphatic carbocycles. The molecule has 1 saturated heterocycles. The summed E-state index contributed by atoms with van der Waals surface area (Å²) in [6.07, 6.45) is 0.380. The minimum atomic E-state index is -1.09. The molecule has 0 aromatic carbocycles. The Hall–Kier alpha value is -1.37. The Kier molecular flexibility index (Phi) is 3.93. The zero-order chi connectivity index (χ0) is 14.0. The van der Waals surface area contributed by atoms with Gasteiger partial charge in [0.05, 0.1) is 12.1 Å². The molecular formula is C13H19NO5. The van der Waals surface area contributed by atoms with Crippen LogP contribution in [-0.4, -0.2) is 41.0 Å². The molecule has 2 heterocycles. The standard InChI is InChI=1S/C13H19NO5/c1-8(10-3-4-11(19-10)12(15)16)14-7-13(17)5-6-18-9(13)2/h3-4,8-9,14,17H,5-7H2,1-2H3,(H,15,16). The molecule has 2 rings (SSSR count). The highest BCUT2D eigenvalue weighted by Gasteiger charge is 2.39. The van der Waals surface area contributed by atoms with E-state index in [1.807, 2.05) is 13.8 Å². The number of nitrogens with one attached hydrogen (secondary N) is 1. The van der Waals surface area contributed by atoms with Gasteiger partial charge in [-0.1, -0.05) is 0 Å². The predicted molar refractivity (Wildman–Crippen MR) is 67.1 cm³/mol. The number of aliphatic hydroxyl groups is 1. The predicted octanol–water partition coefficient (Wildman–Crippen LogP) is 1.17. The molecule has 1 aromatic heterocycles. The van der Waals surface area contributed by atoms with Crippen LogP contribution in [-0.2, 0) is 4.74 Å². The first-order valence-corrected chi connectivity index (χ1v) is 6.33. The van der Waals surface area contributed by atoms with Crippen molar-refractivity contribution in [3.05, 3.63) is 23.7 Å². The molecule has 3 atom stereocenters. The van der Waals surface area contributed by atoms with Crippen LogP contribution in [0.1, 0.15) is 42.6 Å². The molecule has 0 amide bonds. The molecule has 1 aromatic rings. The van der Waals surface area contributed by atoms with Crippen LogP contribution in [0.5, 0.6) is 0 Å². The molecule has 3 N–H and O–H groups in total. The summed E-state index contributed by atoms with van der Waals surface area (Å²) in [6.45, 7) is 4.62. The van der Waals surface area contributed by atoms with Crippen LogP contribution < -0.4 is 5.32 Å². The van der Waals surface area contributed by atoms with Gasteiger partial charge in [0.15, 0.2) is 0 Å². The molecule has 19 heavy (non-hydrogen) atoms. The first-order chi connectivity index (χ1) is 8.92. The highest BCUT2D eigenvalue weighted by Crippen LogP contribution is 2.26. The van der Waals surface area contributed by atoms with Gasteiger partial charge in [0.1, 0.15) is 11.4 Å². The maximum atomic E-state index is 10.7. The van der Waals surface area contributed by atoms with Crippen LogP contribution in [0.15, 0.2) is 16.5 Å². The Bertz CT molecular complexity index is 458. The van der Waals surface area contributed by atoms with E-state index in [-0.39, 0.29) is 17.9 Å². The van der Waals surface area contributed by atoms with Crippen molar-refractivity contribution in [2.24, 2.45) is 0 Å². The maximum Gasteiger partial charge on any atom is 0.371 e. The minimum absolute atomic E-state index is 0.0834. The van der Waals surface area contributed by atoms with E-state index in [2.05, 4.69) is 5.32 Å². The van der Waals surface area contributed by atoms with E-state index in [0.29, 0.717) is 25.3 Å². The summed E-state index contributed by atoms with van der Waals surface area (Å²) < 4.78 is 10.6. The van der Waals surface area contributed by atoms with E-state index >= 15 is 0 Å². The van der Waals surface area contributed by atoms with Gasteiger partial charge in [0, 0.05) is 19.6 Å². The Balaban J connectivity index is 1.93. The molecule has 106 valence electrons. The van der Waals surface area contributed by atoms with Crippen molar-refractivity contribution >= 4 is 5.97 Å². The summed E-state index contributed by atoms with van der Waals surface area (Å²) >= 11 is 0. The van der Waals surface area contributed by atoms with Crippen LogP contribution in [0.2, 0.25) is 0 Å². The van der Waals surface area contributed by atoms with Crippen molar-refractivity contribution in [1.82, 2.24) is 5.32 Å². The van der Waals surface area contributed by atoms with Crippen molar-refractivity contribution in [2.75, 3.05) is 13.2 Å². The number of aromatic carboxylic acids is 1. The molecule has 3 unspecified atom stereocenters. The summed E-state index contributed by atoms with van der Waals surface area (Å²) in [5, 5.41) is 22.3. The molecule has 0 bridgehead atoms. The number of furan rings is 1. The lowest BCUT2D eigenvalue weighted by molar-refractivity contribution is -0.0277. The second-order valence-corrected chi connectivity index (χ2v) is 4.98. The molecule has 6 nitrogen and oxygen atoms in total. The fraction of sp³-hybridized carbons (Fsp3) is 0.615. The average Bonchev–Trinajstić information content (AvgIpc) is 2.96. The summed E-state index contributed by atoms with van der Waals surface area (Å²) in [5.41, 5.74) is -0.878. The average molecular weight is 269 g/mol. The molecule has 1 fully saturated rings. The largest absolute Gasteiger partial charge is 0.475 e. The minimum Gasteiger partial charge on any atom is -0.475 e. The van der Waals surface area contributed by atoms with Crippen molar-refractivity contribution in [3.8, 4) is 0 Å². The van der Waals surface area contributed by atoms with E-state index in [1.54, 1.807) is 6.07 Å². The Labute approximate surface area is 111 Å². The molecule has 0 radical (unpaired) electrons. The van der Waals surface area contributed by atoms with E-state index in [9.17, 15) is 9.90 Å². The van der Waals surface area contributed by atoms with Gasteiger partial charge in [0.2, 0.25) is 5.76 Å². The van der Waals surface area contributed by atoms with Crippen LogP contribution in [0.4, 0.5) is 0 Å². The lowest BCUT2D eigenvalue weighted by atomic mass is 9.96. The number of carbonyl (C=O) groups is 1. The zero-order valence-corrected chi connectivity index (χ0v) is 11.0. The molecule has 1 aliphatic rings. The first-order valence-electron chi connectivity index (χ1n) is 6.33. The quantitative estimate of drug-likeness (QED) is 0.743. The fourth-order valence-electron chi connectivity index (χ4n) is 2.13. The first kappa shape index (κ1) is 14.0. The van der Waals surface area contributed by atoms with Crippen LogP contribution in [0.25, 0.3) is 0 Å². The van der Waals surface area contributed by atoms with E-state index < -0.39 is 11.6 Å². The number of ether oxygens (including phenoxy) is 1. The second kappa shape index (κ2) is 5.32. The van der Waals surface area contributed by atoms with Gasteiger partial charge >= 0.3 is 5.97 Å². The number of rotatable bonds is 5. The van der Waals surface area contributed by atoms with Gasteiger partial charge in [-0.25, -0.2) is 4.79 Å². The molecule has 0 saturated carbocycles. The Morgan fingerprint density at radius 1 is 1.63 bits per heavy atom. The van der Waals surface area contributed by atoms with Crippen molar-refractivity contribution in [3.63, 3.8) is 0 Å². The highest BCUT2D eigenvalue weighted by molar-refractivity contribution is 5.84. The normalized spacial score (nSPS) is 28.5. The lowest BCUT2D eigenvalue weighted by Gasteiger charge is -2.27. The fourth-order valence-corrected chi connectivity index (χ4v) is 2.13. The lowest BCUT2D eigenvalue weighted by Crippen LogP contribution is -2.46. The third-order valence-electron chi connectivity index (χ3n) is 3.64. The molecule has 0 spiro atoms. The van der Waals surface area contributed by atoms with Crippen LogP contribution in [0, 0.1) is 0 Å². The van der Waals surface area contributed by atoms with Crippen molar-refractivity contribution in [2.45, 2.75) is 38.0 Å². The summed E-state index contributed by atoms with van der Waals surface area (Å²) in [4.78, 5) is 10.7. The van der Waals surface area contributed by atoms with Crippen molar-refractivity contribution < 1.29 is 24.2 Å². The molecule has 6 heteroatoms. The smallest absolute Gasteiger partial charge is 0.371 e. The van der Waals surface area contributed by atoms with E-state index in [1.165, 1.54) is 6.07 Å². The molecular weight excluding hydrogens is 250 g/mol. The number of hydrogen-bond donors (Lipinski definition) is 3. The zero-order valence-electron chi connectivity index (χ0n) is 11.0. The van der Waals surface area contributed by atoms with Gasteiger partial charge in [-0.05, 0) is 26.0 Å². The van der Waals surface area contributed by atoms with Gasteiger partial charge in [-0.3, -0.25) is 0 Å². The monoisotopic (exact) mass is 269 g/mol. The number of carboxylic acids is 1. The second-order valence-electron chi connectivity index (χ2n) is 4.98. The third kappa shape index (κ3) is 2.97. The summed E-state index contributed by atoms with van der Waals surface area (Å²) in [7, 11) is 0. The molecule has 1 aliphatic heterocycles. The third-order valence-corrected chi connectivity index (χ3v) is 3.64. The van der Waals surface area contributed by atoms with Crippen molar-refractivity contribution in [1.29, 1.82) is 0 Å². The van der Waals surface area contributed by atoms with Crippen LogP contribution in [0.3, 0.4) is 0 Å². The van der Waals surface area contributed by atoms with Crippen LogP contribution >= 0.6 is 0 Å². The van der Waals surface area contributed by atoms with Gasteiger partial charge in [0.25, 0.3) is 0 Å². The van der Waals surface area contributed by atoms with E-state index in [4.69, 9.17) is 14.3 Å². The summed E-state index contributed by atoms with van der Waals surface area (Å²) in [5.74, 6) is -0.637. The number of carboxylic acid groups (broad SMARTS) is 1. The number of hydrogen-bond acceptors (Lipinski definition) is 5. The Morgan fingerprint density at radius 2 is 2.37 bits per heavy atom. The van der Waals surface area contributed by atoms with E-state index in [0.717, 1.165) is 0 Å². The highest BCUT2D eigenvalue weighted by atomic mass is 16.5.